The van der Waals surface area contributed by atoms with Crippen molar-refractivity contribution in [3.8, 4) is 10.6 Å². The van der Waals surface area contributed by atoms with Gasteiger partial charge in [-0.05, 0) is 44.0 Å². The summed E-state index contributed by atoms with van der Waals surface area (Å²) in [5.74, 6) is -0.353. The number of benzene rings is 1. The molecule has 1 aromatic carbocycles. The van der Waals surface area contributed by atoms with Gasteiger partial charge in [-0.25, -0.2) is 9.37 Å². The third-order valence-corrected chi connectivity index (χ3v) is 5.09. The molecule has 0 bridgehead atoms. The van der Waals surface area contributed by atoms with Crippen LogP contribution in [-0.4, -0.2) is 16.9 Å². The number of nitrogens with two attached hydrogens (primary N) is 1. The number of carbonyl (C=O) groups excluding carboxylic acids is 1. The van der Waals surface area contributed by atoms with Gasteiger partial charge in [0.25, 0.3) is 0 Å². The van der Waals surface area contributed by atoms with Crippen LogP contribution in [0.2, 0.25) is 0 Å². The molecular formula is C17H22FN3OS. The van der Waals surface area contributed by atoms with Crippen LogP contribution in [0, 0.1) is 18.7 Å². The van der Waals surface area contributed by atoms with Gasteiger partial charge in [-0.2, -0.15) is 0 Å². The van der Waals surface area contributed by atoms with E-state index in [1.165, 1.54) is 23.5 Å². The molecule has 6 heteroatoms. The Bertz CT molecular complexity index is 682. The Morgan fingerprint density at radius 2 is 1.87 bits per heavy atom. The van der Waals surface area contributed by atoms with Crippen molar-refractivity contribution in [2.24, 2.45) is 11.7 Å². The standard InChI is InChI=1S/C17H22FN3OS/c1-9(2)14(19)16(22)20-10(3)15-11(4)21-17(23-15)12-5-7-13(18)8-6-12/h5-10,14H,19H2,1-4H3,(H,20,22)/t10?,14-/m0/s1. The lowest BCUT2D eigenvalue weighted by Gasteiger charge is -2.19. The first-order chi connectivity index (χ1) is 10.8. The Morgan fingerprint density at radius 1 is 1.26 bits per heavy atom. The highest BCUT2D eigenvalue weighted by molar-refractivity contribution is 7.15. The van der Waals surface area contributed by atoms with Gasteiger partial charge >= 0.3 is 0 Å². The van der Waals surface area contributed by atoms with Crippen molar-refractivity contribution in [2.45, 2.75) is 39.8 Å². The van der Waals surface area contributed by atoms with E-state index in [9.17, 15) is 9.18 Å². The predicted molar refractivity (Wildman–Crippen MR) is 91.6 cm³/mol. The highest BCUT2D eigenvalue weighted by atomic mass is 32.1. The van der Waals surface area contributed by atoms with Gasteiger partial charge in [0.2, 0.25) is 5.91 Å². The fourth-order valence-electron chi connectivity index (χ4n) is 2.20. The van der Waals surface area contributed by atoms with E-state index >= 15 is 0 Å². The lowest BCUT2D eigenvalue weighted by molar-refractivity contribution is -0.123. The second-order valence-corrected chi connectivity index (χ2v) is 7.01. The summed E-state index contributed by atoms with van der Waals surface area (Å²) in [6, 6.07) is 5.54. The lowest BCUT2D eigenvalue weighted by Crippen LogP contribution is -2.44. The zero-order valence-electron chi connectivity index (χ0n) is 13.8. The minimum absolute atomic E-state index is 0.0829. The summed E-state index contributed by atoms with van der Waals surface area (Å²) >= 11 is 1.50. The van der Waals surface area contributed by atoms with E-state index in [-0.39, 0.29) is 23.7 Å². The summed E-state index contributed by atoms with van der Waals surface area (Å²) in [6.45, 7) is 7.66. The monoisotopic (exact) mass is 335 g/mol. The van der Waals surface area contributed by atoms with Gasteiger partial charge in [-0.1, -0.05) is 13.8 Å². The third kappa shape index (κ3) is 4.14. The van der Waals surface area contributed by atoms with Crippen LogP contribution in [0.5, 0.6) is 0 Å². The van der Waals surface area contributed by atoms with Gasteiger partial charge in [0, 0.05) is 5.56 Å². The fraction of sp³-hybridized carbons (Fsp3) is 0.412. The Morgan fingerprint density at radius 3 is 2.43 bits per heavy atom. The minimum atomic E-state index is -0.526. The summed E-state index contributed by atoms with van der Waals surface area (Å²) in [5.41, 5.74) is 7.60. The van der Waals surface area contributed by atoms with E-state index < -0.39 is 6.04 Å². The summed E-state index contributed by atoms with van der Waals surface area (Å²) in [6.07, 6.45) is 0. The van der Waals surface area contributed by atoms with Crippen LogP contribution >= 0.6 is 11.3 Å². The number of halogens is 1. The first kappa shape index (κ1) is 17.6. The first-order valence-corrected chi connectivity index (χ1v) is 8.40. The molecule has 0 aliphatic carbocycles. The van der Waals surface area contributed by atoms with Crippen molar-refractivity contribution in [1.82, 2.24) is 10.3 Å². The molecule has 0 fully saturated rings. The number of amides is 1. The molecule has 3 N–H and O–H groups in total. The minimum Gasteiger partial charge on any atom is -0.347 e. The van der Waals surface area contributed by atoms with Crippen molar-refractivity contribution in [1.29, 1.82) is 0 Å². The van der Waals surface area contributed by atoms with Gasteiger partial charge in [-0.3, -0.25) is 4.79 Å². The van der Waals surface area contributed by atoms with Gasteiger partial charge in [0.1, 0.15) is 10.8 Å². The molecule has 0 aliphatic heterocycles. The maximum atomic E-state index is 13.0. The Labute approximate surface area is 139 Å². The Kier molecular flexibility index (Phi) is 5.49. The summed E-state index contributed by atoms with van der Waals surface area (Å²) < 4.78 is 13.0. The van der Waals surface area contributed by atoms with Crippen LogP contribution in [0.3, 0.4) is 0 Å². The van der Waals surface area contributed by atoms with E-state index in [2.05, 4.69) is 10.3 Å². The van der Waals surface area contributed by atoms with Crippen molar-refractivity contribution in [3.05, 3.63) is 40.7 Å². The maximum absolute atomic E-state index is 13.0. The Balaban J connectivity index is 2.17. The van der Waals surface area contributed by atoms with Crippen LogP contribution in [0.15, 0.2) is 24.3 Å². The molecule has 4 nitrogen and oxygen atoms in total. The van der Waals surface area contributed by atoms with Crippen LogP contribution in [-0.2, 0) is 4.79 Å². The molecule has 2 aromatic rings. The van der Waals surface area contributed by atoms with Gasteiger partial charge < -0.3 is 11.1 Å². The molecule has 2 atom stereocenters. The molecule has 23 heavy (non-hydrogen) atoms. The number of nitrogens with zero attached hydrogens (tertiary/aromatic N) is 1. The number of carbonyl (C=O) groups is 1. The highest BCUT2D eigenvalue weighted by Crippen LogP contribution is 2.31. The van der Waals surface area contributed by atoms with Crippen LogP contribution in [0.4, 0.5) is 4.39 Å². The quantitative estimate of drug-likeness (QED) is 0.880. The van der Waals surface area contributed by atoms with Crippen LogP contribution in [0.25, 0.3) is 10.6 Å². The number of aryl methyl sites for hydroxylation is 1. The Hall–Kier alpha value is -1.79. The molecule has 0 spiro atoms. The molecular weight excluding hydrogens is 313 g/mol. The second kappa shape index (κ2) is 7.19. The molecule has 1 unspecified atom stereocenters. The van der Waals surface area contributed by atoms with Gasteiger partial charge in [-0.15, -0.1) is 11.3 Å². The van der Waals surface area contributed by atoms with Crippen LogP contribution in [0.1, 0.15) is 37.4 Å². The van der Waals surface area contributed by atoms with Crippen molar-refractivity contribution >= 4 is 17.2 Å². The topological polar surface area (TPSA) is 68.0 Å². The van der Waals surface area contributed by atoms with Crippen molar-refractivity contribution in [3.63, 3.8) is 0 Å². The average molecular weight is 335 g/mol. The largest absolute Gasteiger partial charge is 0.347 e. The highest BCUT2D eigenvalue weighted by Gasteiger charge is 2.22. The molecule has 0 saturated carbocycles. The molecule has 0 aliphatic rings. The third-order valence-electron chi connectivity index (χ3n) is 3.70. The molecule has 1 aromatic heterocycles. The lowest BCUT2D eigenvalue weighted by atomic mass is 10.0. The number of aromatic nitrogens is 1. The summed E-state index contributed by atoms with van der Waals surface area (Å²) in [5, 5.41) is 3.75. The van der Waals surface area contributed by atoms with Crippen molar-refractivity contribution < 1.29 is 9.18 Å². The molecule has 0 radical (unpaired) electrons. The molecule has 1 amide bonds. The molecule has 124 valence electrons. The van der Waals surface area contributed by atoms with E-state index in [0.29, 0.717) is 0 Å². The second-order valence-electron chi connectivity index (χ2n) is 5.98. The maximum Gasteiger partial charge on any atom is 0.237 e. The molecule has 0 saturated heterocycles. The number of thiazole rings is 1. The molecule has 1 heterocycles. The van der Waals surface area contributed by atoms with Gasteiger partial charge in [0.15, 0.2) is 0 Å². The fourth-order valence-corrected chi connectivity index (χ4v) is 3.28. The summed E-state index contributed by atoms with van der Waals surface area (Å²) in [4.78, 5) is 17.6. The van der Waals surface area contributed by atoms with Crippen molar-refractivity contribution in [2.75, 3.05) is 0 Å². The van der Waals surface area contributed by atoms with E-state index in [1.54, 1.807) is 12.1 Å². The average Bonchev–Trinajstić information content (AvgIpc) is 2.89. The first-order valence-electron chi connectivity index (χ1n) is 7.58. The van der Waals surface area contributed by atoms with E-state index in [1.807, 2.05) is 27.7 Å². The predicted octanol–water partition coefficient (Wildman–Crippen LogP) is 3.42. The molecule has 2 rings (SSSR count). The summed E-state index contributed by atoms with van der Waals surface area (Å²) in [7, 11) is 0. The smallest absolute Gasteiger partial charge is 0.237 e. The van der Waals surface area contributed by atoms with E-state index in [0.717, 1.165) is 21.1 Å². The van der Waals surface area contributed by atoms with E-state index in [4.69, 9.17) is 5.73 Å². The number of rotatable bonds is 5. The van der Waals surface area contributed by atoms with Crippen LogP contribution < -0.4 is 11.1 Å². The number of hydrogen-bond acceptors (Lipinski definition) is 4. The number of nitrogens with one attached hydrogen (secondary N) is 1. The zero-order valence-corrected chi connectivity index (χ0v) is 14.6. The van der Waals surface area contributed by atoms with Gasteiger partial charge in [0.05, 0.1) is 22.7 Å². The SMILES string of the molecule is Cc1nc(-c2ccc(F)cc2)sc1C(C)NC(=O)[C@@H](N)C(C)C. The zero-order chi connectivity index (χ0) is 17.1. The normalized spacial score (nSPS) is 13.9. The number of hydrogen-bond donors (Lipinski definition) is 2.